The van der Waals surface area contributed by atoms with E-state index in [0.29, 0.717) is 33.5 Å². The van der Waals surface area contributed by atoms with Gasteiger partial charge in [0.2, 0.25) is 0 Å². The summed E-state index contributed by atoms with van der Waals surface area (Å²) in [5, 5.41) is 3.46. The quantitative estimate of drug-likeness (QED) is 0.801. The van der Waals surface area contributed by atoms with Crippen molar-refractivity contribution < 1.29 is 14.4 Å². The summed E-state index contributed by atoms with van der Waals surface area (Å²) < 4.78 is 0. The van der Waals surface area contributed by atoms with Crippen LogP contribution >= 0.6 is 23.2 Å². The van der Waals surface area contributed by atoms with Crippen LogP contribution in [0, 0.1) is 0 Å². The molecule has 2 amide bonds. The summed E-state index contributed by atoms with van der Waals surface area (Å²) in [6, 6.07) is 11.0. The summed E-state index contributed by atoms with van der Waals surface area (Å²) >= 11 is 11.7. The Balaban J connectivity index is 2.05. The van der Waals surface area contributed by atoms with Crippen LogP contribution in [0.3, 0.4) is 0 Å². The van der Waals surface area contributed by atoms with Gasteiger partial charge in [-0.2, -0.15) is 0 Å². The van der Waals surface area contributed by atoms with Gasteiger partial charge in [0, 0.05) is 26.9 Å². The fourth-order valence-electron chi connectivity index (χ4n) is 1.79. The minimum atomic E-state index is -0.355. The molecule has 0 radical (unpaired) electrons. The Kier molecular flexibility index (Phi) is 5.98. The Morgan fingerprint density at radius 1 is 0.957 bits per heavy atom. The van der Waals surface area contributed by atoms with E-state index in [1.807, 2.05) is 0 Å². The molecule has 2 aromatic rings. The molecule has 0 atom stereocenters. The molecule has 0 saturated heterocycles. The summed E-state index contributed by atoms with van der Waals surface area (Å²) in [5.41, 5.74) is 3.60. The first kappa shape index (κ1) is 17.3. The fraction of sp³-hybridized carbons (Fsp3) is 0.125. The van der Waals surface area contributed by atoms with E-state index in [-0.39, 0.29) is 11.8 Å². The molecule has 2 N–H and O–H groups in total. The zero-order valence-electron chi connectivity index (χ0n) is 12.2. The van der Waals surface area contributed by atoms with Gasteiger partial charge >= 0.3 is 0 Å². The summed E-state index contributed by atoms with van der Waals surface area (Å²) in [7, 11) is 0. The van der Waals surface area contributed by atoms with Crippen LogP contribution in [0.4, 0.5) is 5.69 Å². The fourth-order valence-corrected chi connectivity index (χ4v) is 2.32. The molecule has 0 saturated carbocycles. The van der Waals surface area contributed by atoms with E-state index >= 15 is 0 Å². The molecule has 2 aromatic carbocycles. The van der Waals surface area contributed by atoms with Gasteiger partial charge in [0.05, 0.1) is 6.61 Å². The van der Waals surface area contributed by atoms with Gasteiger partial charge in [-0.15, -0.1) is 0 Å². The lowest BCUT2D eigenvalue weighted by Crippen LogP contribution is -2.23. The van der Waals surface area contributed by atoms with E-state index in [9.17, 15) is 9.59 Å². The van der Waals surface area contributed by atoms with Crippen LogP contribution in [0.5, 0.6) is 0 Å². The molecule has 23 heavy (non-hydrogen) atoms. The van der Waals surface area contributed by atoms with Gasteiger partial charge in [0.25, 0.3) is 11.8 Å². The van der Waals surface area contributed by atoms with Crippen molar-refractivity contribution in [2.24, 2.45) is 0 Å². The van der Waals surface area contributed by atoms with Crippen molar-refractivity contribution in [3.63, 3.8) is 0 Å². The Morgan fingerprint density at radius 3 is 2.13 bits per heavy atom. The standard InChI is InChI=1S/C16H14Cl2N2O3/c1-2-23-20-16(22)10-3-5-14(6-4-10)19-15(21)11-7-12(17)9-13(18)8-11/h3-9H,2H2,1H3,(H,19,21)(H,20,22). The van der Waals surface area contributed by atoms with Crippen LogP contribution in [-0.4, -0.2) is 18.4 Å². The molecule has 0 aliphatic heterocycles. The number of benzene rings is 2. The number of rotatable bonds is 5. The Labute approximate surface area is 143 Å². The van der Waals surface area contributed by atoms with E-state index in [4.69, 9.17) is 28.0 Å². The van der Waals surface area contributed by atoms with Gasteiger partial charge in [0.15, 0.2) is 0 Å². The number of halogens is 2. The number of amides is 2. The van der Waals surface area contributed by atoms with Gasteiger partial charge in [-0.25, -0.2) is 5.48 Å². The lowest BCUT2D eigenvalue weighted by atomic mass is 10.1. The van der Waals surface area contributed by atoms with E-state index in [1.165, 1.54) is 12.1 Å². The number of hydrogen-bond donors (Lipinski definition) is 2. The highest BCUT2D eigenvalue weighted by Crippen LogP contribution is 2.20. The van der Waals surface area contributed by atoms with Crippen LogP contribution in [0.2, 0.25) is 10.0 Å². The lowest BCUT2D eigenvalue weighted by molar-refractivity contribution is 0.0364. The Bertz CT molecular complexity index is 698. The van der Waals surface area contributed by atoms with Crippen molar-refractivity contribution >= 4 is 40.7 Å². The number of anilines is 1. The maximum absolute atomic E-state index is 12.2. The molecule has 0 aliphatic carbocycles. The molecule has 0 unspecified atom stereocenters. The highest BCUT2D eigenvalue weighted by molar-refractivity contribution is 6.35. The molecule has 0 spiro atoms. The van der Waals surface area contributed by atoms with E-state index in [2.05, 4.69) is 10.8 Å². The van der Waals surface area contributed by atoms with Crippen molar-refractivity contribution in [3.8, 4) is 0 Å². The number of carbonyl (C=O) groups excluding carboxylic acids is 2. The summed E-state index contributed by atoms with van der Waals surface area (Å²) in [6.45, 7) is 2.14. The molecule has 120 valence electrons. The van der Waals surface area contributed by atoms with Crippen LogP contribution in [0.15, 0.2) is 42.5 Å². The smallest absolute Gasteiger partial charge is 0.274 e. The second kappa shape index (κ2) is 7.97. The number of carbonyl (C=O) groups is 2. The summed E-state index contributed by atoms with van der Waals surface area (Å²) in [5.74, 6) is -0.702. The zero-order chi connectivity index (χ0) is 16.8. The molecule has 0 heterocycles. The van der Waals surface area contributed by atoms with E-state index in [1.54, 1.807) is 37.3 Å². The molecule has 7 heteroatoms. The largest absolute Gasteiger partial charge is 0.322 e. The zero-order valence-corrected chi connectivity index (χ0v) is 13.7. The van der Waals surface area contributed by atoms with Crippen molar-refractivity contribution in [2.75, 3.05) is 11.9 Å². The summed E-state index contributed by atoms with van der Waals surface area (Å²) in [4.78, 5) is 28.7. The minimum Gasteiger partial charge on any atom is -0.322 e. The number of hydroxylamine groups is 1. The predicted molar refractivity (Wildman–Crippen MR) is 89.9 cm³/mol. The first-order valence-electron chi connectivity index (χ1n) is 6.79. The van der Waals surface area contributed by atoms with Gasteiger partial charge in [-0.1, -0.05) is 23.2 Å². The molecule has 0 bridgehead atoms. The molecule has 0 fully saturated rings. The van der Waals surface area contributed by atoms with E-state index < -0.39 is 0 Å². The van der Waals surface area contributed by atoms with Gasteiger partial charge in [0.1, 0.15) is 0 Å². The first-order chi connectivity index (χ1) is 11.0. The second-order valence-corrected chi connectivity index (χ2v) is 5.43. The highest BCUT2D eigenvalue weighted by Gasteiger charge is 2.09. The maximum Gasteiger partial charge on any atom is 0.274 e. The van der Waals surface area contributed by atoms with Crippen molar-refractivity contribution in [1.29, 1.82) is 0 Å². The normalized spacial score (nSPS) is 10.2. The van der Waals surface area contributed by atoms with Gasteiger partial charge in [-0.3, -0.25) is 14.4 Å². The molecule has 5 nitrogen and oxygen atoms in total. The van der Waals surface area contributed by atoms with Crippen molar-refractivity contribution in [1.82, 2.24) is 5.48 Å². The third kappa shape index (κ3) is 4.96. The number of hydrogen-bond acceptors (Lipinski definition) is 3. The average molecular weight is 353 g/mol. The third-order valence-electron chi connectivity index (χ3n) is 2.84. The van der Waals surface area contributed by atoms with Crippen LogP contribution in [-0.2, 0) is 4.84 Å². The minimum absolute atomic E-state index is 0.346. The van der Waals surface area contributed by atoms with Crippen molar-refractivity contribution in [3.05, 3.63) is 63.6 Å². The van der Waals surface area contributed by atoms with Gasteiger partial charge < -0.3 is 5.32 Å². The molecule has 0 aliphatic rings. The third-order valence-corrected chi connectivity index (χ3v) is 3.28. The molecule has 2 rings (SSSR count). The monoisotopic (exact) mass is 352 g/mol. The highest BCUT2D eigenvalue weighted by atomic mass is 35.5. The maximum atomic E-state index is 12.2. The number of nitrogens with one attached hydrogen (secondary N) is 2. The Morgan fingerprint density at radius 2 is 1.57 bits per heavy atom. The predicted octanol–water partition coefficient (Wildman–Crippen LogP) is 3.93. The van der Waals surface area contributed by atoms with Crippen LogP contribution < -0.4 is 10.8 Å². The van der Waals surface area contributed by atoms with Crippen LogP contribution in [0.25, 0.3) is 0 Å². The first-order valence-corrected chi connectivity index (χ1v) is 7.55. The van der Waals surface area contributed by atoms with Gasteiger partial charge in [-0.05, 0) is 49.4 Å². The average Bonchev–Trinajstić information content (AvgIpc) is 2.52. The second-order valence-electron chi connectivity index (χ2n) is 4.55. The molecule has 0 aromatic heterocycles. The van der Waals surface area contributed by atoms with E-state index in [0.717, 1.165) is 0 Å². The Hall–Kier alpha value is -2.08. The topological polar surface area (TPSA) is 67.4 Å². The van der Waals surface area contributed by atoms with Crippen molar-refractivity contribution in [2.45, 2.75) is 6.92 Å². The lowest BCUT2D eigenvalue weighted by Gasteiger charge is -2.08. The SMILES string of the molecule is CCONC(=O)c1ccc(NC(=O)c2cc(Cl)cc(Cl)c2)cc1. The summed E-state index contributed by atoms with van der Waals surface area (Å²) in [6.07, 6.45) is 0. The molecular formula is C16H14Cl2N2O3. The van der Waals surface area contributed by atoms with Crippen LogP contribution in [0.1, 0.15) is 27.6 Å². The molecular weight excluding hydrogens is 339 g/mol.